The predicted octanol–water partition coefficient (Wildman–Crippen LogP) is 1.73. The van der Waals surface area contributed by atoms with E-state index >= 15 is 0 Å². The van der Waals surface area contributed by atoms with Crippen LogP contribution in [0.1, 0.15) is 31.3 Å². The summed E-state index contributed by atoms with van der Waals surface area (Å²) in [5.74, 6) is -0.484. The Morgan fingerprint density at radius 2 is 1.76 bits per heavy atom. The van der Waals surface area contributed by atoms with Gasteiger partial charge in [0.05, 0.1) is 19.8 Å². The monoisotopic (exact) mass is 300 g/mol. The first-order valence-electron chi connectivity index (χ1n) is 7.25. The zero-order chi connectivity index (χ0) is 15.5. The molecule has 0 saturated heterocycles. The first-order chi connectivity index (χ1) is 10.2. The van der Waals surface area contributed by atoms with Gasteiger partial charge in [-0.1, -0.05) is 0 Å². The van der Waals surface area contributed by atoms with Gasteiger partial charge in [0.2, 0.25) is 0 Å². The Bertz CT molecular complexity index is 398. The summed E-state index contributed by atoms with van der Waals surface area (Å²) >= 11 is 0. The molecule has 0 radical (unpaired) electrons. The molecule has 0 fully saturated rings. The molecule has 0 aromatic carbocycles. The predicted molar refractivity (Wildman–Crippen MR) is 77.7 cm³/mol. The van der Waals surface area contributed by atoms with Gasteiger partial charge in [0.25, 0.3) is 6.01 Å². The molecule has 0 amide bonds. The zero-order valence-electron chi connectivity index (χ0n) is 13.0. The van der Waals surface area contributed by atoms with Crippen molar-refractivity contribution >= 4 is 12.0 Å². The summed E-state index contributed by atoms with van der Waals surface area (Å²) in [5, 5.41) is 0. The van der Waals surface area contributed by atoms with E-state index in [4.69, 9.17) is 18.6 Å². The van der Waals surface area contributed by atoms with E-state index in [1.807, 2.05) is 18.7 Å². The van der Waals surface area contributed by atoms with E-state index in [1.54, 1.807) is 6.92 Å². The first-order valence-corrected chi connectivity index (χ1v) is 7.25. The summed E-state index contributed by atoms with van der Waals surface area (Å²) < 4.78 is 20.9. The van der Waals surface area contributed by atoms with Crippen LogP contribution in [0.25, 0.3) is 0 Å². The molecule has 0 spiro atoms. The van der Waals surface area contributed by atoms with E-state index in [0.717, 1.165) is 0 Å². The number of anilines is 1. The van der Waals surface area contributed by atoms with Gasteiger partial charge < -0.3 is 23.5 Å². The van der Waals surface area contributed by atoms with Gasteiger partial charge >= 0.3 is 5.97 Å². The van der Waals surface area contributed by atoms with Gasteiger partial charge in [0.15, 0.2) is 5.69 Å². The first kappa shape index (κ1) is 17.5. The molecular weight excluding hydrogens is 276 g/mol. The second kappa shape index (κ2) is 10.2. The number of hydrogen-bond acceptors (Lipinski definition) is 7. The molecular formula is C14H24N2O5. The lowest BCUT2D eigenvalue weighted by Gasteiger charge is -2.20. The maximum Gasteiger partial charge on any atom is 0.360 e. The fraction of sp³-hybridized carbons (Fsp3) is 0.714. The van der Waals surface area contributed by atoms with Crippen molar-refractivity contribution in [3.63, 3.8) is 0 Å². The molecule has 0 aliphatic heterocycles. The fourth-order valence-corrected chi connectivity index (χ4v) is 1.65. The van der Waals surface area contributed by atoms with Crippen LogP contribution in [0.4, 0.5) is 6.01 Å². The normalized spacial score (nSPS) is 10.6. The van der Waals surface area contributed by atoms with Gasteiger partial charge in [-0.2, -0.15) is 4.98 Å². The summed E-state index contributed by atoms with van der Waals surface area (Å²) in [7, 11) is 0. The number of oxazole rings is 1. The maximum atomic E-state index is 11.6. The lowest BCUT2D eigenvalue weighted by molar-refractivity contribution is 0.0519. The Kier molecular flexibility index (Phi) is 8.45. The third kappa shape index (κ3) is 6.14. The van der Waals surface area contributed by atoms with Crippen LogP contribution in [-0.4, -0.2) is 57.1 Å². The highest BCUT2D eigenvalue weighted by molar-refractivity contribution is 5.87. The Morgan fingerprint density at radius 3 is 2.29 bits per heavy atom. The van der Waals surface area contributed by atoms with Crippen molar-refractivity contribution in [1.82, 2.24) is 4.98 Å². The van der Waals surface area contributed by atoms with Gasteiger partial charge in [-0.3, -0.25) is 0 Å². The number of carbonyl (C=O) groups excluding carboxylic acids is 1. The van der Waals surface area contributed by atoms with E-state index in [2.05, 4.69) is 4.98 Å². The summed E-state index contributed by atoms with van der Waals surface area (Å²) in [6, 6.07) is 0.373. The van der Waals surface area contributed by atoms with E-state index in [0.29, 0.717) is 52.1 Å². The zero-order valence-corrected chi connectivity index (χ0v) is 13.0. The minimum absolute atomic E-state index is 0.171. The molecule has 1 aromatic heterocycles. The topological polar surface area (TPSA) is 74.0 Å². The lowest BCUT2D eigenvalue weighted by atomic mass is 10.5. The number of hydrogen-bond donors (Lipinski definition) is 0. The number of rotatable bonds is 11. The molecule has 1 aromatic rings. The number of esters is 1. The van der Waals surface area contributed by atoms with Crippen LogP contribution < -0.4 is 4.90 Å². The van der Waals surface area contributed by atoms with Gasteiger partial charge in [-0.25, -0.2) is 4.79 Å². The van der Waals surface area contributed by atoms with Crippen LogP contribution in [-0.2, 0) is 14.2 Å². The average molecular weight is 300 g/mol. The van der Waals surface area contributed by atoms with Gasteiger partial charge in [0, 0.05) is 26.3 Å². The molecule has 1 heterocycles. The third-order valence-electron chi connectivity index (χ3n) is 2.67. The van der Waals surface area contributed by atoms with Crippen molar-refractivity contribution in [1.29, 1.82) is 0 Å². The number of nitrogens with zero attached hydrogens (tertiary/aromatic N) is 2. The van der Waals surface area contributed by atoms with Crippen LogP contribution in [0.15, 0.2) is 10.7 Å². The standard InChI is InChI=1S/C14H24N2O5/c1-4-18-9-7-16(8-10-19-5-2)14-15-12(11-21-14)13(17)20-6-3/h11H,4-10H2,1-3H3. The quantitative estimate of drug-likeness (QED) is 0.455. The smallest absolute Gasteiger partial charge is 0.360 e. The van der Waals surface area contributed by atoms with Crippen molar-refractivity contribution in [2.75, 3.05) is 51.0 Å². The molecule has 7 heteroatoms. The van der Waals surface area contributed by atoms with Crippen LogP contribution >= 0.6 is 0 Å². The van der Waals surface area contributed by atoms with Gasteiger partial charge in [-0.05, 0) is 20.8 Å². The molecule has 120 valence electrons. The molecule has 0 unspecified atom stereocenters. The largest absolute Gasteiger partial charge is 0.461 e. The van der Waals surface area contributed by atoms with E-state index in [-0.39, 0.29) is 5.69 Å². The molecule has 7 nitrogen and oxygen atoms in total. The number of carbonyl (C=O) groups is 1. The van der Waals surface area contributed by atoms with Crippen molar-refractivity contribution < 1.29 is 23.4 Å². The number of ether oxygens (including phenoxy) is 3. The molecule has 0 bridgehead atoms. The fourth-order valence-electron chi connectivity index (χ4n) is 1.65. The van der Waals surface area contributed by atoms with Crippen molar-refractivity contribution in [2.24, 2.45) is 0 Å². The third-order valence-corrected chi connectivity index (χ3v) is 2.67. The lowest BCUT2D eigenvalue weighted by Crippen LogP contribution is -2.31. The second-order valence-electron chi connectivity index (χ2n) is 4.12. The highest BCUT2D eigenvalue weighted by Gasteiger charge is 2.17. The summed E-state index contributed by atoms with van der Waals surface area (Å²) in [5.41, 5.74) is 0.171. The Balaban J connectivity index is 2.65. The summed E-state index contributed by atoms with van der Waals surface area (Å²) in [4.78, 5) is 17.6. The minimum Gasteiger partial charge on any atom is -0.461 e. The highest BCUT2D eigenvalue weighted by atomic mass is 16.5. The molecule has 0 aliphatic carbocycles. The highest BCUT2D eigenvalue weighted by Crippen LogP contribution is 2.14. The van der Waals surface area contributed by atoms with Crippen molar-refractivity contribution in [2.45, 2.75) is 20.8 Å². The van der Waals surface area contributed by atoms with E-state index in [9.17, 15) is 4.79 Å². The molecule has 0 atom stereocenters. The van der Waals surface area contributed by atoms with Crippen LogP contribution in [0.5, 0.6) is 0 Å². The van der Waals surface area contributed by atoms with Crippen LogP contribution in [0.3, 0.4) is 0 Å². The Labute approximate surface area is 125 Å². The van der Waals surface area contributed by atoms with Gasteiger partial charge in [-0.15, -0.1) is 0 Å². The second-order valence-corrected chi connectivity index (χ2v) is 4.12. The van der Waals surface area contributed by atoms with Crippen LogP contribution in [0, 0.1) is 0 Å². The number of aromatic nitrogens is 1. The SMILES string of the molecule is CCOCCN(CCOCC)c1nc(C(=O)OCC)co1. The maximum absolute atomic E-state index is 11.6. The van der Waals surface area contributed by atoms with E-state index < -0.39 is 5.97 Å². The van der Waals surface area contributed by atoms with Crippen molar-refractivity contribution in [3.05, 3.63) is 12.0 Å². The Hall–Kier alpha value is -1.60. The molecule has 0 N–H and O–H groups in total. The Morgan fingerprint density at radius 1 is 1.14 bits per heavy atom. The van der Waals surface area contributed by atoms with E-state index in [1.165, 1.54) is 6.26 Å². The minimum atomic E-state index is -0.484. The van der Waals surface area contributed by atoms with Crippen LogP contribution in [0.2, 0.25) is 0 Å². The average Bonchev–Trinajstić information content (AvgIpc) is 2.96. The van der Waals surface area contributed by atoms with Crippen molar-refractivity contribution in [3.8, 4) is 0 Å². The molecule has 0 aliphatic rings. The summed E-state index contributed by atoms with van der Waals surface area (Å²) in [6.07, 6.45) is 1.31. The summed E-state index contributed by atoms with van der Waals surface area (Å²) in [6.45, 7) is 9.57. The molecule has 1 rings (SSSR count). The molecule has 0 saturated carbocycles. The molecule has 21 heavy (non-hydrogen) atoms. The van der Waals surface area contributed by atoms with Gasteiger partial charge in [0.1, 0.15) is 6.26 Å².